The number of rotatable bonds is 3. The molecule has 0 aliphatic heterocycles. The molecule has 0 saturated heterocycles. The number of ether oxygens (including phenoxy) is 1. The van der Waals surface area contributed by atoms with E-state index >= 15 is 0 Å². The molecule has 0 amide bonds. The van der Waals surface area contributed by atoms with Gasteiger partial charge in [0.2, 0.25) is 0 Å². The monoisotopic (exact) mass is 298 g/mol. The van der Waals surface area contributed by atoms with E-state index in [1.54, 1.807) is 0 Å². The van der Waals surface area contributed by atoms with Gasteiger partial charge < -0.3 is 4.74 Å². The van der Waals surface area contributed by atoms with Crippen LogP contribution in [0.1, 0.15) is 27.8 Å². The summed E-state index contributed by atoms with van der Waals surface area (Å²) in [6.45, 7) is 6.82. The van der Waals surface area contributed by atoms with Crippen LogP contribution in [0.2, 0.25) is 0 Å². The van der Waals surface area contributed by atoms with Gasteiger partial charge in [-0.15, -0.1) is 11.6 Å². The molecular formula is C19H19ClO. The van der Waals surface area contributed by atoms with Crippen molar-refractivity contribution in [3.05, 3.63) is 64.2 Å². The first kappa shape index (κ1) is 15.5. The van der Waals surface area contributed by atoms with Crippen molar-refractivity contribution in [1.82, 2.24) is 0 Å². The Bertz CT molecular complexity index is 672. The molecule has 0 unspecified atom stereocenters. The Morgan fingerprint density at radius 1 is 1.00 bits per heavy atom. The highest BCUT2D eigenvalue weighted by atomic mass is 35.5. The molecule has 0 aliphatic carbocycles. The second-order valence-electron chi connectivity index (χ2n) is 5.20. The van der Waals surface area contributed by atoms with Gasteiger partial charge in [0.25, 0.3) is 0 Å². The Morgan fingerprint density at radius 2 is 1.71 bits per heavy atom. The van der Waals surface area contributed by atoms with E-state index in [0.29, 0.717) is 12.5 Å². The molecular weight excluding hydrogens is 280 g/mol. The number of halogens is 1. The number of benzene rings is 2. The molecule has 1 nitrogen and oxygen atoms in total. The van der Waals surface area contributed by atoms with Crippen LogP contribution in [0.15, 0.2) is 36.4 Å². The standard InChI is InChI=1S/C19H19ClO/c1-14-9-15(2)11-18(10-14)13-21-19-7-6-17(5-4-8-20)12-16(19)3/h6-7,9-12H,8,13H2,1-3H3. The topological polar surface area (TPSA) is 9.23 Å². The highest BCUT2D eigenvalue weighted by Gasteiger charge is 2.02. The van der Waals surface area contributed by atoms with Crippen molar-refractivity contribution in [2.24, 2.45) is 0 Å². The quantitative estimate of drug-likeness (QED) is 0.585. The van der Waals surface area contributed by atoms with Crippen LogP contribution in [-0.4, -0.2) is 5.88 Å². The number of alkyl halides is 1. The van der Waals surface area contributed by atoms with Crippen molar-refractivity contribution in [2.45, 2.75) is 27.4 Å². The van der Waals surface area contributed by atoms with E-state index in [0.717, 1.165) is 16.9 Å². The molecule has 0 saturated carbocycles. The lowest BCUT2D eigenvalue weighted by atomic mass is 10.1. The SMILES string of the molecule is Cc1cc(C)cc(COc2ccc(C#CCCl)cc2C)c1. The molecule has 0 N–H and O–H groups in total. The van der Waals surface area contributed by atoms with Gasteiger partial charge >= 0.3 is 0 Å². The van der Waals surface area contributed by atoms with Gasteiger partial charge in [0.05, 0.1) is 5.88 Å². The Morgan fingerprint density at radius 3 is 2.33 bits per heavy atom. The fraction of sp³-hybridized carbons (Fsp3) is 0.263. The molecule has 0 spiro atoms. The summed E-state index contributed by atoms with van der Waals surface area (Å²) >= 11 is 5.57. The molecule has 2 aromatic carbocycles. The van der Waals surface area contributed by atoms with E-state index in [-0.39, 0.29) is 0 Å². The molecule has 0 aliphatic rings. The molecule has 0 radical (unpaired) electrons. The number of aryl methyl sites for hydroxylation is 3. The molecule has 0 bridgehead atoms. The highest BCUT2D eigenvalue weighted by molar-refractivity contribution is 6.19. The third-order valence-electron chi connectivity index (χ3n) is 3.15. The molecule has 0 atom stereocenters. The van der Waals surface area contributed by atoms with Crippen LogP contribution in [0.4, 0.5) is 0 Å². The van der Waals surface area contributed by atoms with Crippen LogP contribution < -0.4 is 4.74 Å². The lowest BCUT2D eigenvalue weighted by Crippen LogP contribution is -1.98. The summed E-state index contributed by atoms with van der Waals surface area (Å²) < 4.78 is 5.92. The zero-order valence-electron chi connectivity index (χ0n) is 12.7. The van der Waals surface area contributed by atoms with Crippen LogP contribution in [0.25, 0.3) is 0 Å². The van der Waals surface area contributed by atoms with Crippen LogP contribution in [0.3, 0.4) is 0 Å². The maximum absolute atomic E-state index is 5.92. The average Bonchev–Trinajstić information content (AvgIpc) is 2.43. The van der Waals surface area contributed by atoms with Gasteiger partial charge in [-0.25, -0.2) is 0 Å². The first-order chi connectivity index (χ1) is 10.1. The van der Waals surface area contributed by atoms with Crippen molar-refractivity contribution < 1.29 is 4.74 Å². The van der Waals surface area contributed by atoms with E-state index in [4.69, 9.17) is 16.3 Å². The van der Waals surface area contributed by atoms with Gasteiger partial charge in [-0.1, -0.05) is 41.2 Å². The summed E-state index contributed by atoms with van der Waals surface area (Å²) in [5.74, 6) is 7.11. The van der Waals surface area contributed by atoms with Crippen molar-refractivity contribution >= 4 is 11.6 Å². The molecule has 108 valence electrons. The fourth-order valence-corrected chi connectivity index (χ4v) is 2.40. The van der Waals surface area contributed by atoms with Crippen molar-refractivity contribution in [3.63, 3.8) is 0 Å². The lowest BCUT2D eigenvalue weighted by Gasteiger charge is -2.10. The predicted octanol–water partition coefficient (Wildman–Crippen LogP) is 4.78. The maximum atomic E-state index is 5.92. The van der Waals surface area contributed by atoms with E-state index in [1.807, 2.05) is 25.1 Å². The van der Waals surface area contributed by atoms with Gasteiger partial charge in [0, 0.05) is 5.56 Å². The van der Waals surface area contributed by atoms with Crippen LogP contribution in [0.5, 0.6) is 5.75 Å². The van der Waals surface area contributed by atoms with Crippen LogP contribution in [0, 0.1) is 32.6 Å². The van der Waals surface area contributed by atoms with Crippen molar-refractivity contribution in [1.29, 1.82) is 0 Å². The number of hydrogen-bond donors (Lipinski definition) is 0. The first-order valence-electron chi connectivity index (χ1n) is 6.94. The molecule has 2 heteroatoms. The second-order valence-corrected chi connectivity index (χ2v) is 5.47. The largest absolute Gasteiger partial charge is 0.489 e. The molecule has 0 heterocycles. The van der Waals surface area contributed by atoms with Crippen LogP contribution in [-0.2, 0) is 6.61 Å². The zero-order chi connectivity index (χ0) is 15.2. The van der Waals surface area contributed by atoms with Gasteiger partial charge in [-0.3, -0.25) is 0 Å². The summed E-state index contributed by atoms with van der Waals surface area (Å²) in [7, 11) is 0. The number of hydrogen-bond acceptors (Lipinski definition) is 1. The van der Waals surface area contributed by atoms with Crippen molar-refractivity contribution in [3.8, 4) is 17.6 Å². The smallest absolute Gasteiger partial charge is 0.122 e. The highest BCUT2D eigenvalue weighted by Crippen LogP contribution is 2.20. The van der Waals surface area contributed by atoms with Crippen LogP contribution >= 0.6 is 11.6 Å². The predicted molar refractivity (Wildman–Crippen MR) is 89.0 cm³/mol. The van der Waals surface area contributed by atoms with Gasteiger partial charge in [0.1, 0.15) is 12.4 Å². The second kappa shape index (κ2) is 7.20. The Kier molecular flexibility index (Phi) is 5.31. The fourth-order valence-electron chi connectivity index (χ4n) is 2.34. The van der Waals surface area contributed by atoms with Gasteiger partial charge in [-0.2, -0.15) is 0 Å². The van der Waals surface area contributed by atoms with Gasteiger partial charge in [-0.05, 0) is 50.1 Å². The van der Waals surface area contributed by atoms with Crippen molar-refractivity contribution in [2.75, 3.05) is 5.88 Å². The zero-order valence-corrected chi connectivity index (χ0v) is 13.4. The molecule has 0 fully saturated rings. The Labute approximate surface area is 131 Å². The van der Waals surface area contributed by atoms with E-state index < -0.39 is 0 Å². The summed E-state index contributed by atoms with van der Waals surface area (Å²) in [5.41, 5.74) is 5.76. The summed E-state index contributed by atoms with van der Waals surface area (Å²) in [6, 6.07) is 12.4. The third kappa shape index (κ3) is 4.55. The first-order valence-corrected chi connectivity index (χ1v) is 7.47. The van der Waals surface area contributed by atoms with E-state index in [9.17, 15) is 0 Å². The average molecular weight is 299 g/mol. The molecule has 21 heavy (non-hydrogen) atoms. The normalized spacial score (nSPS) is 9.90. The van der Waals surface area contributed by atoms with Gasteiger partial charge in [0.15, 0.2) is 0 Å². The van der Waals surface area contributed by atoms with E-state index in [2.05, 4.69) is 43.9 Å². The minimum atomic E-state index is 0.351. The minimum Gasteiger partial charge on any atom is -0.489 e. The van der Waals surface area contributed by atoms with E-state index in [1.165, 1.54) is 16.7 Å². The third-order valence-corrected chi connectivity index (χ3v) is 3.28. The Balaban J connectivity index is 2.09. The molecule has 2 aromatic rings. The molecule has 0 aromatic heterocycles. The maximum Gasteiger partial charge on any atom is 0.122 e. The summed E-state index contributed by atoms with van der Waals surface area (Å²) in [5, 5.41) is 0. The summed E-state index contributed by atoms with van der Waals surface area (Å²) in [6.07, 6.45) is 0. The lowest BCUT2D eigenvalue weighted by molar-refractivity contribution is 0.304. The summed E-state index contributed by atoms with van der Waals surface area (Å²) in [4.78, 5) is 0. The minimum absolute atomic E-state index is 0.351. The Hall–Kier alpha value is -1.91. The molecule has 2 rings (SSSR count).